The Morgan fingerprint density at radius 3 is 2.79 bits per heavy atom. The van der Waals surface area contributed by atoms with Crippen LogP contribution in [-0.2, 0) is 4.74 Å². The molecule has 0 saturated carbocycles. The number of piperidine rings is 1. The third-order valence-electron chi connectivity index (χ3n) is 4.52. The predicted octanol–water partition coefficient (Wildman–Crippen LogP) is 2.91. The Morgan fingerprint density at radius 2 is 2.04 bits per heavy atom. The van der Waals surface area contributed by atoms with Gasteiger partial charge in [-0.3, -0.25) is 0 Å². The lowest BCUT2D eigenvalue weighted by Crippen LogP contribution is -2.39. The minimum Gasteiger partial charge on any atom is -0.383 e. The highest BCUT2D eigenvalue weighted by molar-refractivity contribution is 5.59. The number of aromatic nitrogens is 2. The summed E-state index contributed by atoms with van der Waals surface area (Å²) in [7, 11) is 1.76. The van der Waals surface area contributed by atoms with Crippen LogP contribution in [0.4, 0.5) is 5.82 Å². The molecule has 0 unspecified atom stereocenters. The number of hydrogen-bond donors (Lipinski definition) is 1. The maximum absolute atomic E-state index is 5.18. The number of benzene rings is 1. The van der Waals surface area contributed by atoms with Crippen LogP contribution in [0.1, 0.15) is 12.8 Å². The first-order valence-electron chi connectivity index (χ1n) is 8.69. The number of likely N-dealkylation sites (tertiary alicyclic amines) is 1. The van der Waals surface area contributed by atoms with E-state index in [4.69, 9.17) is 4.74 Å². The molecule has 0 spiro atoms. The van der Waals surface area contributed by atoms with Crippen molar-refractivity contribution in [3.05, 3.63) is 42.5 Å². The van der Waals surface area contributed by atoms with Crippen LogP contribution in [0.5, 0.6) is 0 Å². The van der Waals surface area contributed by atoms with Crippen molar-refractivity contribution in [2.45, 2.75) is 12.8 Å². The van der Waals surface area contributed by atoms with Gasteiger partial charge in [-0.1, -0.05) is 30.3 Å². The van der Waals surface area contributed by atoms with Gasteiger partial charge in [-0.15, -0.1) is 10.2 Å². The average Bonchev–Trinajstić information content (AvgIpc) is 2.66. The highest BCUT2D eigenvalue weighted by atomic mass is 16.5. The van der Waals surface area contributed by atoms with Gasteiger partial charge in [0.15, 0.2) is 0 Å². The lowest BCUT2D eigenvalue weighted by atomic mass is 9.98. The third-order valence-corrected chi connectivity index (χ3v) is 4.52. The second-order valence-corrected chi connectivity index (χ2v) is 6.35. The van der Waals surface area contributed by atoms with Crippen LogP contribution in [0.3, 0.4) is 0 Å². The van der Waals surface area contributed by atoms with E-state index in [-0.39, 0.29) is 0 Å². The zero-order chi connectivity index (χ0) is 16.6. The van der Waals surface area contributed by atoms with Gasteiger partial charge in [0.25, 0.3) is 0 Å². The van der Waals surface area contributed by atoms with Gasteiger partial charge >= 0.3 is 0 Å². The molecule has 5 nitrogen and oxygen atoms in total. The summed E-state index contributed by atoms with van der Waals surface area (Å²) in [6, 6.07) is 14.2. The second kappa shape index (κ2) is 8.76. The summed E-state index contributed by atoms with van der Waals surface area (Å²) in [5.41, 5.74) is 2.00. The van der Waals surface area contributed by atoms with Gasteiger partial charge < -0.3 is 15.0 Å². The molecule has 1 aromatic heterocycles. The molecule has 1 aliphatic rings. The fraction of sp³-hybridized carbons (Fsp3) is 0.474. The first-order valence-corrected chi connectivity index (χ1v) is 8.69. The molecule has 1 aromatic carbocycles. The molecule has 1 atom stereocenters. The lowest BCUT2D eigenvalue weighted by molar-refractivity contribution is 0.117. The molecule has 0 amide bonds. The second-order valence-electron chi connectivity index (χ2n) is 6.35. The van der Waals surface area contributed by atoms with Crippen molar-refractivity contribution >= 4 is 5.82 Å². The lowest BCUT2D eigenvalue weighted by Gasteiger charge is -2.32. The molecule has 0 bridgehead atoms. The van der Waals surface area contributed by atoms with Crippen molar-refractivity contribution in [3.63, 3.8) is 0 Å². The van der Waals surface area contributed by atoms with Gasteiger partial charge in [-0.25, -0.2) is 0 Å². The van der Waals surface area contributed by atoms with Crippen LogP contribution in [0.2, 0.25) is 0 Å². The summed E-state index contributed by atoms with van der Waals surface area (Å²) in [4.78, 5) is 2.49. The van der Waals surface area contributed by atoms with Crippen molar-refractivity contribution in [2.24, 2.45) is 5.92 Å². The number of nitrogens with zero attached hydrogens (tertiary/aromatic N) is 3. The zero-order valence-corrected chi connectivity index (χ0v) is 14.3. The number of ether oxygens (including phenoxy) is 1. The fourth-order valence-corrected chi connectivity index (χ4v) is 3.18. The van der Waals surface area contributed by atoms with E-state index in [1.165, 1.54) is 19.4 Å². The van der Waals surface area contributed by atoms with Crippen LogP contribution in [0.15, 0.2) is 42.5 Å². The van der Waals surface area contributed by atoms with Gasteiger partial charge in [0.1, 0.15) is 5.82 Å². The maximum Gasteiger partial charge on any atom is 0.148 e. The summed E-state index contributed by atoms with van der Waals surface area (Å²) >= 11 is 0. The third kappa shape index (κ3) is 4.76. The topological polar surface area (TPSA) is 50.3 Å². The van der Waals surface area contributed by atoms with Gasteiger partial charge in [0.05, 0.1) is 12.3 Å². The van der Waals surface area contributed by atoms with E-state index in [2.05, 4.69) is 20.4 Å². The van der Waals surface area contributed by atoms with E-state index in [1.54, 1.807) is 7.11 Å². The smallest absolute Gasteiger partial charge is 0.148 e. The summed E-state index contributed by atoms with van der Waals surface area (Å²) < 4.78 is 5.18. The fourth-order valence-electron chi connectivity index (χ4n) is 3.18. The largest absolute Gasteiger partial charge is 0.383 e. The number of methoxy groups -OCH3 is 1. The molecule has 2 aromatic rings. The Kier molecular flexibility index (Phi) is 6.15. The Labute approximate surface area is 144 Å². The molecule has 1 fully saturated rings. The van der Waals surface area contributed by atoms with E-state index < -0.39 is 0 Å². The van der Waals surface area contributed by atoms with Gasteiger partial charge in [-0.2, -0.15) is 0 Å². The molecule has 5 heteroatoms. The maximum atomic E-state index is 5.18. The van der Waals surface area contributed by atoms with Crippen LogP contribution in [0, 0.1) is 5.92 Å². The highest BCUT2D eigenvalue weighted by Crippen LogP contribution is 2.18. The van der Waals surface area contributed by atoms with E-state index in [9.17, 15) is 0 Å². The molecule has 1 aliphatic heterocycles. The molecular formula is C19H26N4O. The molecule has 1 N–H and O–H groups in total. The summed E-state index contributed by atoms with van der Waals surface area (Å²) in [6.07, 6.45) is 2.53. The van der Waals surface area contributed by atoms with Crippen LogP contribution >= 0.6 is 0 Å². The van der Waals surface area contributed by atoms with Crippen molar-refractivity contribution in [3.8, 4) is 11.3 Å². The Balaban J connectivity index is 1.50. The molecule has 0 radical (unpaired) electrons. The van der Waals surface area contributed by atoms with Crippen LogP contribution in [-0.4, -0.2) is 55.0 Å². The SMILES string of the molecule is COCCN1CCC[C@H](CNc2ccc(-c3ccccc3)nn2)C1. The molecule has 0 aliphatic carbocycles. The Bertz CT molecular complexity index is 603. The van der Waals surface area contributed by atoms with Gasteiger partial charge in [0, 0.05) is 32.3 Å². The predicted molar refractivity (Wildman–Crippen MR) is 97.0 cm³/mol. The van der Waals surface area contributed by atoms with Crippen LogP contribution in [0.25, 0.3) is 11.3 Å². The van der Waals surface area contributed by atoms with E-state index in [1.807, 2.05) is 42.5 Å². The van der Waals surface area contributed by atoms with Crippen molar-refractivity contribution < 1.29 is 4.74 Å². The molecule has 24 heavy (non-hydrogen) atoms. The molecule has 128 valence electrons. The number of anilines is 1. The van der Waals surface area contributed by atoms with Crippen molar-refractivity contribution in [2.75, 3.05) is 45.2 Å². The number of hydrogen-bond acceptors (Lipinski definition) is 5. The minimum atomic E-state index is 0.659. The van der Waals surface area contributed by atoms with E-state index >= 15 is 0 Å². The molecule has 3 rings (SSSR count). The normalized spacial score (nSPS) is 18.5. The number of rotatable bonds is 7. The monoisotopic (exact) mass is 326 g/mol. The summed E-state index contributed by atoms with van der Waals surface area (Å²) in [5.74, 6) is 1.51. The van der Waals surface area contributed by atoms with Crippen molar-refractivity contribution in [1.29, 1.82) is 0 Å². The van der Waals surface area contributed by atoms with Crippen molar-refractivity contribution in [1.82, 2.24) is 15.1 Å². The highest BCUT2D eigenvalue weighted by Gasteiger charge is 2.19. The Morgan fingerprint density at radius 1 is 1.17 bits per heavy atom. The van der Waals surface area contributed by atoms with Crippen LogP contribution < -0.4 is 5.32 Å². The van der Waals surface area contributed by atoms with Gasteiger partial charge in [-0.05, 0) is 37.4 Å². The average molecular weight is 326 g/mol. The van der Waals surface area contributed by atoms with E-state index in [0.717, 1.165) is 43.3 Å². The molecular weight excluding hydrogens is 300 g/mol. The number of nitrogens with one attached hydrogen (secondary N) is 1. The van der Waals surface area contributed by atoms with E-state index in [0.29, 0.717) is 5.92 Å². The minimum absolute atomic E-state index is 0.659. The van der Waals surface area contributed by atoms with Gasteiger partial charge in [0.2, 0.25) is 0 Å². The summed E-state index contributed by atoms with van der Waals surface area (Å²) in [5, 5.41) is 12.1. The first-order chi connectivity index (χ1) is 11.8. The quantitative estimate of drug-likeness (QED) is 0.848. The first kappa shape index (κ1) is 16.9. The Hall–Kier alpha value is -1.98. The standard InChI is InChI=1S/C19H26N4O/c1-24-13-12-23-11-5-6-16(15-23)14-20-19-10-9-18(21-22-19)17-7-3-2-4-8-17/h2-4,7-10,16H,5-6,11-15H2,1H3,(H,20,22)/t16-/m1/s1. The zero-order valence-electron chi connectivity index (χ0n) is 14.3. The summed E-state index contributed by atoms with van der Waals surface area (Å²) in [6.45, 7) is 5.10. The molecule has 1 saturated heterocycles. The molecule has 2 heterocycles.